The van der Waals surface area contributed by atoms with Crippen LogP contribution in [0, 0.1) is 0 Å². The van der Waals surface area contributed by atoms with Gasteiger partial charge in [-0.1, -0.05) is 6.07 Å². The highest BCUT2D eigenvalue weighted by molar-refractivity contribution is 6.18. The predicted molar refractivity (Wildman–Crippen MR) is 63.3 cm³/mol. The summed E-state index contributed by atoms with van der Waals surface area (Å²) in [6.45, 7) is 1.60. The van der Waals surface area contributed by atoms with Gasteiger partial charge >= 0.3 is 0 Å². The number of hydrogen-bond donors (Lipinski definition) is 3. The molecule has 5 heteroatoms. The van der Waals surface area contributed by atoms with E-state index in [0.717, 1.165) is 0 Å². The second-order valence-electron chi connectivity index (χ2n) is 3.44. The molecule has 0 spiro atoms. The quantitative estimate of drug-likeness (QED) is 0.418. The third-order valence-electron chi connectivity index (χ3n) is 2.11. The molecule has 1 aromatic carbocycles. The van der Waals surface area contributed by atoms with Gasteiger partial charge in [-0.3, -0.25) is 4.79 Å². The number of nitrogens with one attached hydrogen (secondary N) is 1. The first-order valence-corrected chi connectivity index (χ1v) is 5.40. The number of Topliss-reactive ketones (excluding diaryl/α,β-unsaturated/α-hetero) is 1. The van der Waals surface area contributed by atoms with Crippen molar-refractivity contribution >= 4 is 23.1 Å². The summed E-state index contributed by atoms with van der Waals surface area (Å²) in [4.78, 5) is 11.3. The van der Waals surface area contributed by atoms with Gasteiger partial charge in [0.15, 0.2) is 5.78 Å². The minimum atomic E-state index is -0.721. The number of hydrogen-bond acceptors (Lipinski definition) is 4. The number of ketones is 1. The van der Waals surface area contributed by atoms with Crippen molar-refractivity contribution in [2.75, 3.05) is 17.7 Å². The smallest absolute Gasteiger partial charge is 0.162 e. The number of aliphatic hydroxyl groups is 1. The molecule has 0 aliphatic carbocycles. The molecular formula is C11H14ClNO3. The molecule has 0 amide bonds. The van der Waals surface area contributed by atoms with Crippen molar-refractivity contribution in [3.63, 3.8) is 0 Å². The molecule has 1 rings (SSSR count). The first-order chi connectivity index (χ1) is 7.56. The van der Waals surface area contributed by atoms with Crippen molar-refractivity contribution in [1.82, 2.24) is 0 Å². The number of rotatable bonds is 5. The molecule has 0 aliphatic rings. The van der Waals surface area contributed by atoms with E-state index in [2.05, 4.69) is 5.32 Å². The topological polar surface area (TPSA) is 69.6 Å². The highest BCUT2D eigenvalue weighted by Gasteiger charge is 2.12. The van der Waals surface area contributed by atoms with Crippen LogP contribution in [-0.4, -0.2) is 34.5 Å². The van der Waals surface area contributed by atoms with E-state index in [1.807, 2.05) is 0 Å². The summed E-state index contributed by atoms with van der Waals surface area (Å²) in [5, 5.41) is 21.7. The molecule has 16 heavy (non-hydrogen) atoms. The molecule has 1 unspecified atom stereocenters. The van der Waals surface area contributed by atoms with Gasteiger partial charge in [-0.2, -0.15) is 0 Å². The molecule has 88 valence electrons. The molecule has 0 heterocycles. The van der Waals surface area contributed by atoms with E-state index in [1.165, 1.54) is 13.0 Å². The number of alkyl halides is 1. The Bertz CT molecular complexity index is 381. The molecule has 0 radical (unpaired) electrons. The largest absolute Gasteiger partial charge is 0.506 e. The number of halogens is 1. The van der Waals surface area contributed by atoms with Crippen LogP contribution in [0.2, 0.25) is 0 Å². The van der Waals surface area contributed by atoms with Gasteiger partial charge in [0, 0.05) is 12.1 Å². The Kier molecular flexibility index (Phi) is 4.58. The standard InChI is InChI=1S/C11H14ClNO3/c1-7(14)9-3-2-4-10(16)11(9)13-6-8(15)5-12/h2-4,8,13,15-16H,5-6H2,1H3. The molecule has 3 N–H and O–H groups in total. The lowest BCUT2D eigenvalue weighted by Crippen LogP contribution is -2.21. The number of phenols is 1. The fourth-order valence-corrected chi connectivity index (χ4v) is 1.40. The molecule has 0 aliphatic heterocycles. The Labute approximate surface area is 98.9 Å². The summed E-state index contributed by atoms with van der Waals surface area (Å²) in [5.74, 6) is -0.0797. The zero-order valence-corrected chi connectivity index (χ0v) is 9.66. The zero-order chi connectivity index (χ0) is 12.1. The lowest BCUT2D eigenvalue weighted by molar-refractivity contribution is 0.101. The van der Waals surface area contributed by atoms with Crippen molar-refractivity contribution in [3.8, 4) is 5.75 Å². The average molecular weight is 244 g/mol. The summed E-state index contributed by atoms with van der Waals surface area (Å²) < 4.78 is 0. The molecule has 0 saturated carbocycles. The van der Waals surface area contributed by atoms with E-state index in [4.69, 9.17) is 11.6 Å². The van der Waals surface area contributed by atoms with E-state index >= 15 is 0 Å². The number of carbonyl (C=O) groups is 1. The molecule has 0 saturated heterocycles. The van der Waals surface area contributed by atoms with Gasteiger partial charge in [0.05, 0.1) is 17.7 Å². The van der Waals surface area contributed by atoms with Gasteiger partial charge in [-0.15, -0.1) is 11.6 Å². The van der Waals surface area contributed by atoms with E-state index in [9.17, 15) is 15.0 Å². The second-order valence-corrected chi connectivity index (χ2v) is 3.75. The van der Waals surface area contributed by atoms with Crippen LogP contribution in [0.4, 0.5) is 5.69 Å². The average Bonchev–Trinajstić information content (AvgIpc) is 2.26. The van der Waals surface area contributed by atoms with Crippen molar-refractivity contribution in [2.45, 2.75) is 13.0 Å². The highest BCUT2D eigenvalue weighted by atomic mass is 35.5. The van der Waals surface area contributed by atoms with Crippen LogP contribution in [0.15, 0.2) is 18.2 Å². The van der Waals surface area contributed by atoms with Gasteiger partial charge in [0.2, 0.25) is 0 Å². The zero-order valence-electron chi connectivity index (χ0n) is 8.90. The van der Waals surface area contributed by atoms with Gasteiger partial charge in [0.1, 0.15) is 5.75 Å². The van der Waals surface area contributed by atoms with Gasteiger partial charge < -0.3 is 15.5 Å². The number of para-hydroxylation sites is 1. The fraction of sp³-hybridized carbons (Fsp3) is 0.364. The van der Waals surface area contributed by atoms with Crippen LogP contribution in [0.5, 0.6) is 5.75 Å². The van der Waals surface area contributed by atoms with E-state index in [1.54, 1.807) is 12.1 Å². The number of aliphatic hydroxyl groups excluding tert-OH is 1. The van der Waals surface area contributed by atoms with Crippen LogP contribution in [0.1, 0.15) is 17.3 Å². The van der Waals surface area contributed by atoms with Crippen LogP contribution in [0.3, 0.4) is 0 Å². The summed E-state index contributed by atoms with van der Waals surface area (Å²) >= 11 is 5.44. The van der Waals surface area contributed by atoms with Crippen LogP contribution < -0.4 is 5.32 Å². The van der Waals surface area contributed by atoms with Crippen LogP contribution >= 0.6 is 11.6 Å². The van der Waals surface area contributed by atoms with Crippen molar-refractivity contribution in [3.05, 3.63) is 23.8 Å². The Hall–Kier alpha value is -1.26. The van der Waals surface area contributed by atoms with Crippen molar-refractivity contribution < 1.29 is 15.0 Å². The van der Waals surface area contributed by atoms with Crippen LogP contribution in [0.25, 0.3) is 0 Å². The third-order valence-corrected chi connectivity index (χ3v) is 2.47. The van der Waals surface area contributed by atoms with Crippen LogP contribution in [-0.2, 0) is 0 Å². The van der Waals surface area contributed by atoms with Gasteiger partial charge in [0.25, 0.3) is 0 Å². The molecule has 0 aromatic heterocycles. The molecule has 4 nitrogen and oxygen atoms in total. The van der Waals surface area contributed by atoms with Crippen molar-refractivity contribution in [1.29, 1.82) is 0 Å². The fourth-order valence-electron chi connectivity index (χ4n) is 1.29. The Morgan fingerprint density at radius 3 is 2.81 bits per heavy atom. The molecule has 1 atom stereocenters. The number of carbonyl (C=O) groups excluding carboxylic acids is 1. The van der Waals surface area contributed by atoms with Crippen molar-refractivity contribution in [2.24, 2.45) is 0 Å². The monoisotopic (exact) mass is 243 g/mol. The SMILES string of the molecule is CC(=O)c1cccc(O)c1NCC(O)CCl. The highest BCUT2D eigenvalue weighted by Crippen LogP contribution is 2.27. The summed E-state index contributed by atoms with van der Waals surface area (Å²) in [6.07, 6.45) is -0.721. The Balaban J connectivity index is 2.88. The lowest BCUT2D eigenvalue weighted by atomic mass is 10.1. The number of benzene rings is 1. The minimum Gasteiger partial charge on any atom is -0.506 e. The summed E-state index contributed by atoms with van der Waals surface area (Å²) in [7, 11) is 0. The number of phenolic OH excluding ortho intramolecular Hbond substituents is 1. The molecular weight excluding hydrogens is 230 g/mol. The number of anilines is 1. The molecule has 0 fully saturated rings. The predicted octanol–water partition coefficient (Wildman–Crippen LogP) is 1.61. The minimum absolute atomic E-state index is 0.0190. The molecule has 0 bridgehead atoms. The first kappa shape index (κ1) is 12.8. The third kappa shape index (κ3) is 3.12. The maximum atomic E-state index is 11.3. The first-order valence-electron chi connectivity index (χ1n) is 4.87. The van der Waals surface area contributed by atoms with Gasteiger partial charge in [-0.05, 0) is 19.1 Å². The second kappa shape index (κ2) is 5.72. The molecule has 1 aromatic rings. The number of aromatic hydroxyl groups is 1. The van der Waals surface area contributed by atoms with Gasteiger partial charge in [-0.25, -0.2) is 0 Å². The lowest BCUT2D eigenvalue weighted by Gasteiger charge is -2.14. The normalized spacial score (nSPS) is 12.2. The Morgan fingerprint density at radius 2 is 2.25 bits per heavy atom. The summed E-state index contributed by atoms with van der Waals surface area (Å²) in [6, 6.07) is 4.68. The van der Waals surface area contributed by atoms with E-state index in [0.29, 0.717) is 11.3 Å². The maximum Gasteiger partial charge on any atom is 0.162 e. The van der Waals surface area contributed by atoms with E-state index < -0.39 is 6.10 Å². The Morgan fingerprint density at radius 1 is 1.56 bits per heavy atom. The summed E-state index contributed by atoms with van der Waals surface area (Å²) in [5.41, 5.74) is 0.723. The maximum absolute atomic E-state index is 11.3. The van der Waals surface area contributed by atoms with E-state index in [-0.39, 0.29) is 24.0 Å².